The summed E-state index contributed by atoms with van der Waals surface area (Å²) in [6, 6.07) is 1.80. The van der Waals surface area contributed by atoms with E-state index in [1.807, 2.05) is 13.2 Å². The number of anilines is 1. The van der Waals surface area contributed by atoms with Crippen LogP contribution in [-0.2, 0) is 11.8 Å². The molecule has 1 aliphatic rings. The van der Waals surface area contributed by atoms with Crippen molar-refractivity contribution in [2.75, 3.05) is 5.32 Å². The van der Waals surface area contributed by atoms with Gasteiger partial charge in [0.25, 0.3) is 0 Å². The Labute approximate surface area is 89.0 Å². The number of carbonyl (C=O) groups is 1. The molecule has 1 aliphatic carbocycles. The molecule has 0 spiro atoms. The van der Waals surface area contributed by atoms with Gasteiger partial charge in [-0.05, 0) is 19.3 Å². The highest BCUT2D eigenvalue weighted by atomic mass is 16.1. The van der Waals surface area contributed by atoms with Crippen molar-refractivity contribution >= 4 is 11.7 Å². The molecule has 15 heavy (non-hydrogen) atoms. The standard InChI is InChI=1S/C11H15N3O/c1-14-8-7-10(13-14)12-11(15)9-5-3-2-4-6-9/h2-3,7-9H,4-6H2,1H3,(H,12,13,15). The molecule has 1 aromatic rings. The van der Waals surface area contributed by atoms with Gasteiger partial charge in [0.15, 0.2) is 5.82 Å². The number of aryl methyl sites for hydroxylation is 1. The topological polar surface area (TPSA) is 46.9 Å². The van der Waals surface area contributed by atoms with E-state index in [4.69, 9.17) is 0 Å². The molecule has 0 radical (unpaired) electrons. The van der Waals surface area contributed by atoms with Crippen molar-refractivity contribution < 1.29 is 4.79 Å². The van der Waals surface area contributed by atoms with Crippen LogP contribution in [0, 0.1) is 5.92 Å². The Morgan fingerprint density at radius 2 is 2.47 bits per heavy atom. The number of carbonyl (C=O) groups excluding carboxylic acids is 1. The van der Waals surface area contributed by atoms with Crippen LogP contribution in [-0.4, -0.2) is 15.7 Å². The lowest BCUT2D eigenvalue weighted by Crippen LogP contribution is -2.23. The highest BCUT2D eigenvalue weighted by Crippen LogP contribution is 2.19. The minimum absolute atomic E-state index is 0.0815. The summed E-state index contributed by atoms with van der Waals surface area (Å²) in [4.78, 5) is 11.8. The summed E-state index contributed by atoms with van der Waals surface area (Å²) < 4.78 is 1.68. The van der Waals surface area contributed by atoms with Gasteiger partial charge in [-0.3, -0.25) is 9.48 Å². The number of nitrogens with zero attached hydrogens (tertiary/aromatic N) is 2. The third kappa shape index (κ3) is 2.46. The lowest BCUT2D eigenvalue weighted by molar-refractivity contribution is -0.120. The van der Waals surface area contributed by atoms with Gasteiger partial charge in [-0.15, -0.1) is 0 Å². The van der Waals surface area contributed by atoms with Crippen LogP contribution >= 0.6 is 0 Å². The van der Waals surface area contributed by atoms with Gasteiger partial charge in [0.05, 0.1) is 0 Å². The first kappa shape index (κ1) is 9.96. The van der Waals surface area contributed by atoms with E-state index in [9.17, 15) is 4.79 Å². The molecule has 1 unspecified atom stereocenters. The monoisotopic (exact) mass is 205 g/mol. The van der Waals surface area contributed by atoms with Crippen molar-refractivity contribution in [2.45, 2.75) is 19.3 Å². The molecular formula is C11H15N3O. The molecular weight excluding hydrogens is 190 g/mol. The van der Waals surface area contributed by atoms with Gasteiger partial charge in [0, 0.05) is 25.2 Å². The van der Waals surface area contributed by atoms with Crippen molar-refractivity contribution in [1.29, 1.82) is 0 Å². The summed E-state index contributed by atoms with van der Waals surface area (Å²) in [5.41, 5.74) is 0. The Balaban J connectivity index is 1.94. The Morgan fingerprint density at radius 3 is 3.07 bits per heavy atom. The predicted molar refractivity (Wildman–Crippen MR) is 58.3 cm³/mol. The maximum Gasteiger partial charge on any atom is 0.229 e. The summed E-state index contributed by atoms with van der Waals surface area (Å²) in [6.07, 6.45) is 8.81. The zero-order valence-electron chi connectivity index (χ0n) is 8.81. The Bertz CT molecular complexity index is 381. The minimum atomic E-state index is 0.0815. The van der Waals surface area contributed by atoms with E-state index in [0.717, 1.165) is 19.3 Å². The molecule has 4 nitrogen and oxygen atoms in total. The van der Waals surface area contributed by atoms with Crippen molar-refractivity contribution in [3.63, 3.8) is 0 Å². The average Bonchev–Trinajstić information content (AvgIpc) is 2.65. The summed E-state index contributed by atoms with van der Waals surface area (Å²) in [6.45, 7) is 0. The zero-order chi connectivity index (χ0) is 10.7. The van der Waals surface area contributed by atoms with E-state index < -0.39 is 0 Å². The van der Waals surface area contributed by atoms with Crippen molar-refractivity contribution in [3.8, 4) is 0 Å². The van der Waals surface area contributed by atoms with E-state index >= 15 is 0 Å². The Kier molecular flexibility index (Phi) is 2.85. The number of hydrogen-bond acceptors (Lipinski definition) is 2. The van der Waals surface area contributed by atoms with Crippen LogP contribution in [0.15, 0.2) is 24.4 Å². The summed E-state index contributed by atoms with van der Waals surface area (Å²) in [7, 11) is 1.83. The van der Waals surface area contributed by atoms with E-state index in [2.05, 4.69) is 22.6 Å². The van der Waals surface area contributed by atoms with Crippen LogP contribution in [0.3, 0.4) is 0 Å². The van der Waals surface area contributed by atoms with E-state index in [-0.39, 0.29) is 11.8 Å². The maximum absolute atomic E-state index is 11.8. The molecule has 1 aromatic heterocycles. The molecule has 1 atom stereocenters. The van der Waals surface area contributed by atoms with Crippen LogP contribution in [0.4, 0.5) is 5.82 Å². The summed E-state index contributed by atoms with van der Waals surface area (Å²) in [5, 5.41) is 6.94. The molecule has 4 heteroatoms. The third-order valence-corrected chi connectivity index (χ3v) is 2.60. The Morgan fingerprint density at radius 1 is 1.60 bits per heavy atom. The molecule has 0 aliphatic heterocycles. The van der Waals surface area contributed by atoms with Crippen LogP contribution in [0.1, 0.15) is 19.3 Å². The first-order valence-electron chi connectivity index (χ1n) is 5.21. The number of rotatable bonds is 2. The van der Waals surface area contributed by atoms with E-state index in [1.54, 1.807) is 10.7 Å². The summed E-state index contributed by atoms with van der Waals surface area (Å²) >= 11 is 0. The van der Waals surface area contributed by atoms with E-state index in [0.29, 0.717) is 5.82 Å². The first-order chi connectivity index (χ1) is 7.25. The number of nitrogens with one attached hydrogen (secondary N) is 1. The molecule has 0 bridgehead atoms. The molecule has 0 saturated carbocycles. The van der Waals surface area contributed by atoms with Gasteiger partial charge in [0.2, 0.25) is 5.91 Å². The largest absolute Gasteiger partial charge is 0.309 e. The van der Waals surface area contributed by atoms with Crippen molar-refractivity contribution in [2.24, 2.45) is 13.0 Å². The van der Waals surface area contributed by atoms with Gasteiger partial charge in [-0.25, -0.2) is 0 Å². The second-order valence-electron chi connectivity index (χ2n) is 3.85. The molecule has 0 aromatic carbocycles. The van der Waals surface area contributed by atoms with Crippen molar-refractivity contribution in [3.05, 3.63) is 24.4 Å². The number of allylic oxidation sites excluding steroid dienone is 2. The Hall–Kier alpha value is -1.58. The number of hydrogen-bond donors (Lipinski definition) is 1. The molecule has 2 rings (SSSR count). The molecule has 0 fully saturated rings. The zero-order valence-corrected chi connectivity index (χ0v) is 8.81. The molecule has 1 N–H and O–H groups in total. The fraction of sp³-hybridized carbons (Fsp3) is 0.455. The number of amides is 1. The van der Waals surface area contributed by atoms with Gasteiger partial charge in [-0.1, -0.05) is 12.2 Å². The molecule has 0 saturated heterocycles. The van der Waals surface area contributed by atoms with Gasteiger partial charge < -0.3 is 5.32 Å². The SMILES string of the molecule is Cn1ccc(NC(=O)C2CC=CCC2)n1. The highest BCUT2D eigenvalue weighted by Gasteiger charge is 2.19. The first-order valence-corrected chi connectivity index (χ1v) is 5.21. The lowest BCUT2D eigenvalue weighted by Gasteiger charge is -2.16. The highest BCUT2D eigenvalue weighted by molar-refractivity contribution is 5.91. The van der Waals surface area contributed by atoms with Crippen LogP contribution in [0.2, 0.25) is 0 Å². The molecule has 1 heterocycles. The van der Waals surface area contributed by atoms with Crippen LogP contribution in [0.25, 0.3) is 0 Å². The second-order valence-corrected chi connectivity index (χ2v) is 3.85. The van der Waals surface area contributed by atoms with Crippen LogP contribution in [0.5, 0.6) is 0 Å². The average molecular weight is 205 g/mol. The second kappa shape index (κ2) is 4.29. The quantitative estimate of drug-likeness (QED) is 0.747. The van der Waals surface area contributed by atoms with Crippen LogP contribution < -0.4 is 5.32 Å². The fourth-order valence-electron chi connectivity index (χ4n) is 1.74. The number of aromatic nitrogens is 2. The third-order valence-electron chi connectivity index (χ3n) is 2.60. The summed E-state index contributed by atoms with van der Waals surface area (Å²) in [5.74, 6) is 0.826. The van der Waals surface area contributed by atoms with Gasteiger partial charge in [-0.2, -0.15) is 5.10 Å². The maximum atomic E-state index is 11.8. The van der Waals surface area contributed by atoms with Gasteiger partial charge in [0.1, 0.15) is 0 Å². The predicted octanol–water partition coefficient (Wildman–Crippen LogP) is 1.71. The fourth-order valence-corrected chi connectivity index (χ4v) is 1.74. The smallest absolute Gasteiger partial charge is 0.229 e. The van der Waals surface area contributed by atoms with Gasteiger partial charge >= 0.3 is 0 Å². The normalized spacial score (nSPS) is 20.2. The lowest BCUT2D eigenvalue weighted by atomic mass is 9.94. The minimum Gasteiger partial charge on any atom is -0.309 e. The molecule has 1 amide bonds. The molecule has 80 valence electrons. The van der Waals surface area contributed by atoms with Crippen molar-refractivity contribution in [1.82, 2.24) is 9.78 Å². The van der Waals surface area contributed by atoms with E-state index in [1.165, 1.54) is 0 Å².